The normalized spacial score (nSPS) is 13.8. The van der Waals surface area contributed by atoms with Crippen LogP contribution >= 0.6 is 0 Å². The van der Waals surface area contributed by atoms with Crippen LogP contribution in [-0.2, 0) is 0 Å². The average Bonchev–Trinajstić information content (AvgIpc) is 3.26. The van der Waals surface area contributed by atoms with Crippen LogP contribution < -0.4 is 14.4 Å². The Labute approximate surface area is 158 Å². The summed E-state index contributed by atoms with van der Waals surface area (Å²) in [5, 5.41) is 0.913. The molecule has 0 saturated carbocycles. The number of nitrogens with zero attached hydrogens (tertiary/aromatic N) is 2. The summed E-state index contributed by atoms with van der Waals surface area (Å²) in [4.78, 5) is 20.1. The van der Waals surface area contributed by atoms with Crippen molar-refractivity contribution in [1.29, 1.82) is 0 Å². The van der Waals surface area contributed by atoms with Gasteiger partial charge in [-0.05, 0) is 18.9 Å². The first kappa shape index (κ1) is 17.3. The fourth-order valence-electron chi connectivity index (χ4n) is 3.70. The Bertz CT molecular complexity index is 980. The third-order valence-electron chi connectivity index (χ3n) is 5.05. The number of hydrogen-bond donors (Lipinski definition) is 0. The summed E-state index contributed by atoms with van der Waals surface area (Å²) < 4.78 is 10.9. The van der Waals surface area contributed by atoms with Gasteiger partial charge in [0.1, 0.15) is 0 Å². The van der Waals surface area contributed by atoms with E-state index in [1.165, 1.54) is 0 Å². The SMILES string of the molecule is COc1cc2ncc(C(=O)c3ccccc3)c(N3CCCC3)c2cc1OC. The zero-order valence-electron chi connectivity index (χ0n) is 15.6. The van der Waals surface area contributed by atoms with E-state index >= 15 is 0 Å². The molecule has 5 nitrogen and oxygen atoms in total. The highest BCUT2D eigenvalue weighted by Crippen LogP contribution is 2.39. The number of rotatable bonds is 5. The van der Waals surface area contributed by atoms with Crippen molar-refractivity contribution in [1.82, 2.24) is 4.98 Å². The fraction of sp³-hybridized carbons (Fsp3) is 0.273. The van der Waals surface area contributed by atoms with Gasteiger partial charge in [0.25, 0.3) is 0 Å². The molecule has 0 aliphatic carbocycles. The van der Waals surface area contributed by atoms with Crippen molar-refractivity contribution < 1.29 is 14.3 Å². The van der Waals surface area contributed by atoms with Gasteiger partial charge < -0.3 is 14.4 Å². The molecule has 0 amide bonds. The van der Waals surface area contributed by atoms with E-state index < -0.39 is 0 Å². The molecule has 27 heavy (non-hydrogen) atoms. The largest absolute Gasteiger partial charge is 0.493 e. The van der Waals surface area contributed by atoms with Gasteiger partial charge in [-0.25, -0.2) is 0 Å². The third kappa shape index (κ3) is 3.10. The lowest BCUT2D eigenvalue weighted by Gasteiger charge is -2.23. The molecule has 138 valence electrons. The summed E-state index contributed by atoms with van der Waals surface area (Å²) in [6, 6.07) is 13.1. The molecule has 2 heterocycles. The summed E-state index contributed by atoms with van der Waals surface area (Å²) in [6.07, 6.45) is 3.93. The number of hydrogen-bond acceptors (Lipinski definition) is 5. The predicted molar refractivity (Wildman–Crippen MR) is 106 cm³/mol. The Kier molecular flexibility index (Phi) is 4.67. The van der Waals surface area contributed by atoms with E-state index in [9.17, 15) is 4.79 Å². The van der Waals surface area contributed by atoms with Crippen LogP contribution in [0.3, 0.4) is 0 Å². The van der Waals surface area contributed by atoms with Gasteiger partial charge in [-0.3, -0.25) is 9.78 Å². The maximum Gasteiger partial charge on any atom is 0.196 e. The molecule has 0 bridgehead atoms. The van der Waals surface area contributed by atoms with Gasteiger partial charge in [-0.1, -0.05) is 30.3 Å². The number of anilines is 1. The molecule has 2 aromatic carbocycles. The van der Waals surface area contributed by atoms with Crippen LogP contribution in [0.25, 0.3) is 10.9 Å². The Morgan fingerprint density at radius 1 is 1.00 bits per heavy atom. The van der Waals surface area contributed by atoms with Crippen molar-refractivity contribution in [2.45, 2.75) is 12.8 Å². The fourth-order valence-corrected chi connectivity index (χ4v) is 3.70. The van der Waals surface area contributed by atoms with Crippen molar-refractivity contribution in [2.24, 2.45) is 0 Å². The maximum atomic E-state index is 13.2. The van der Waals surface area contributed by atoms with Crippen molar-refractivity contribution in [3.8, 4) is 11.5 Å². The molecule has 1 saturated heterocycles. The van der Waals surface area contributed by atoms with Crippen LogP contribution in [0.15, 0.2) is 48.7 Å². The first-order valence-electron chi connectivity index (χ1n) is 9.12. The number of carbonyl (C=O) groups is 1. The smallest absolute Gasteiger partial charge is 0.196 e. The maximum absolute atomic E-state index is 13.2. The van der Waals surface area contributed by atoms with E-state index in [1.54, 1.807) is 20.4 Å². The van der Waals surface area contributed by atoms with Crippen molar-refractivity contribution in [3.05, 3.63) is 59.8 Å². The second-order valence-corrected chi connectivity index (χ2v) is 6.63. The van der Waals surface area contributed by atoms with E-state index in [0.717, 1.165) is 42.5 Å². The van der Waals surface area contributed by atoms with Gasteiger partial charge in [0.15, 0.2) is 17.3 Å². The van der Waals surface area contributed by atoms with Gasteiger partial charge in [0.2, 0.25) is 0 Å². The lowest BCUT2D eigenvalue weighted by Crippen LogP contribution is -2.21. The predicted octanol–water partition coefficient (Wildman–Crippen LogP) is 4.08. The highest BCUT2D eigenvalue weighted by Gasteiger charge is 2.24. The highest BCUT2D eigenvalue weighted by molar-refractivity contribution is 6.16. The Morgan fingerprint density at radius 2 is 1.67 bits per heavy atom. The summed E-state index contributed by atoms with van der Waals surface area (Å²) in [7, 11) is 3.23. The van der Waals surface area contributed by atoms with Gasteiger partial charge in [0, 0.05) is 36.3 Å². The van der Waals surface area contributed by atoms with E-state index in [1.807, 2.05) is 42.5 Å². The molecule has 4 rings (SSSR count). The average molecular weight is 362 g/mol. The van der Waals surface area contributed by atoms with Crippen molar-refractivity contribution >= 4 is 22.4 Å². The lowest BCUT2D eigenvalue weighted by atomic mass is 9.99. The molecular formula is C22H22N2O3. The number of ketones is 1. The molecule has 0 unspecified atom stereocenters. The van der Waals surface area contributed by atoms with Gasteiger partial charge in [-0.2, -0.15) is 0 Å². The standard InChI is InChI=1S/C22H22N2O3/c1-26-19-12-16-18(13-20(19)27-2)23-14-17(21(16)24-10-6-7-11-24)22(25)15-8-4-3-5-9-15/h3-5,8-9,12-14H,6-7,10-11H2,1-2H3. The summed E-state index contributed by atoms with van der Waals surface area (Å²) >= 11 is 0. The number of aromatic nitrogens is 1. The van der Waals surface area contributed by atoms with Gasteiger partial charge in [0.05, 0.1) is 31.0 Å². The molecule has 0 atom stereocenters. The number of carbonyl (C=O) groups excluding carboxylic acids is 1. The van der Waals surface area contributed by atoms with Crippen LogP contribution in [0.1, 0.15) is 28.8 Å². The number of fused-ring (bicyclic) bond motifs is 1. The van der Waals surface area contributed by atoms with Crippen LogP contribution in [0.5, 0.6) is 11.5 Å². The summed E-state index contributed by atoms with van der Waals surface area (Å²) in [5.74, 6) is 1.25. The Balaban J connectivity index is 1.95. The molecule has 0 radical (unpaired) electrons. The number of benzene rings is 2. The van der Waals surface area contributed by atoms with Crippen LogP contribution in [0, 0.1) is 0 Å². The first-order chi connectivity index (χ1) is 13.2. The molecule has 1 aliphatic heterocycles. The van der Waals surface area contributed by atoms with Crippen molar-refractivity contribution in [2.75, 3.05) is 32.2 Å². The van der Waals surface area contributed by atoms with E-state index in [-0.39, 0.29) is 5.78 Å². The lowest BCUT2D eigenvalue weighted by molar-refractivity contribution is 0.103. The van der Waals surface area contributed by atoms with Crippen LogP contribution in [-0.4, -0.2) is 38.1 Å². The number of pyridine rings is 1. The van der Waals surface area contributed by atoms with E-state index in [0.29, 0.717) is 22.6 Å². The minimum atomic E-state index is -0.0123. The van der Waals surface area contributed by atoms with Gasteiger partial charge in [-0.15, -0.1) is 0 Å². The number of methoxy groups -OCH3 is 2. The minimum absolute atomic E-state index is 0.0123. The van der Waals surface area contributed by atoms with E-state index in [2.05, 4.69) is 9.88 Å². The molecule has 1 aliphatic rings. The zero-order chi connectivity index (χ0) is 18.8. The number of ether oxygens (including phenoxy) is 2. The van der Waals surface area contributed by atoms with Crippen LogP contribution in [0.2, 0.25) is 0 Å². The topological polar surface area (TPSA) is 51.7 Å². The van der Waals surface area contributed by atoms with Gasteiger partial charge >= 0.3 is 0 Å². The van der Waals surface area contributed by atoms with Crippen molar-refractivity contribution in [3.63, 3.8) is 0 Å². The Morgan fingerprint density at radius 3 is 2.33 bits per heavy atom. The monoisotopic (exact) mass is 362 g/mol. The highest BCUT2D eigenvalue weighted by atomic mass is 16.5. The molecule has 3 aromatic rings. The van der Waals surface area contributed by atoms with E-state index in [4.69, 9.17) is 9.47 Å². The Hall–Kier alpha value is -3.08. The molecule has 1 fully saturated rings. The first-order valence-corrected chi connectivity index (χ1v) is 9.12. The quantitative estimate of drug-likeness (QED) is 0.640. The summed E-state index contributed by atoms with van der Waals surface area (Å²) in [5.41, 5.74) is 3.02. The molecule has 0 spiro atoms. The molecule has 1 aromatic heterocycles. The third-order valence-corrected chi connectivity index (χ3v) is 5.05. The minimum Gasteiger partial charge on any atom is -0.493 e. The van der Waals surface area contributed by atoms with Crippen LogP contribution in [0.4, 0.5) is 5.69 Å². The summed E-state index contributed by atoms with van der Waals surface area (Å²) in [6.45, 7) is 1.87. The molecule has 0 N–H and O–H groups in total. The second kappa shape index (κ2) is 7.27. The molecule has 5 heteroatoms. The zero-order valence-corrected chi connectivity index (χ0v) is 15.6. The second-order valence-electron chi connectivity index (χ2n) is 6.63. The molecular weight excluding hydrogens is 340 g/mol.